The minimum Gasteiger partial charge on any atom is -0.465 e. The largest absolute Gasteiger partial charge is 0.465 e. The molecule has 20 heavy (non-hydrogen) atoms. The SMILES string of the molecule is COC(=O)c1sc(N(C)Cc2cccc(F)c2)nc1Cl. The lowest BCUT2D eigenvalue weighted by Gasteiger charge is -2.15. The number of benzene rings is 1. The van der Waals surface area contributed by atoms with Gasteiger partial charge in [0.25, 0.3) is 0 Å². The van der Waals surface area contributed by atoms with E-state index in [4.69, 9.17) is 11.6 Å². The zero-order chi connectivity index (χ0) is 14.7. The zero-order valence-corrected chi connectivity index (χ0v) is 12.5. The molecule has 0 aliphatic carbocycles. The minimum atomic E-state index is -0.516. The Morgan fingerprint density at radius 3 is 2.95 bits per heavy atom. The average molecular weight is 315 g/mol. The third kappa shape index (κ3) is 3.26. The highest BCUT2D eigenvalue weighted by atomic mass is 35.5. The van der Waals surface area contributed by atoms with Crippen LogP contribution < -0.4 is 4.90 Å². The van der Waals surface area contributed by atoms with E-state index in [0.717, 1.165) is 16.9 Å². The van der Waals surface area contributed by atoms with Gasteiger partial charge in [0.15, 0.2) is 15.2 Å². The molecule has 0 bridgehead atoms. The molecule has 2 aromatic rings. The topological polar surface area (TPSA) is 42.4 Å². The molecule has 0 N–H and O–H groups in total. The molecule has 0 saturated heterocycles. The fourth-order valence-corrected chi connectivity index (χ4v) is 2.81. The van der Waals surface area contributed by atoms with Crippen molar-refractivity contribution < 1.29 is 13.9 Å². The molecule has 1 aromatic heterocycles. The smallest absolute Gasteiger partial charge is 0.351 e. The zero-order valence-electron chi connectivity index (χ0n) is 10.9. The summed E-state index contributed by atoms with van der Waals surface area (Å²) < 4.78 is 17.7. The molecule has 2 rings (SSSR count). The molecular formula is C13H12ClFN2O2S. The predicted molar refractivity (Wildman–Crippen MR) is 77.0 cm³/mol. The van der Waals surface area contributed by atoms with E-state index < -0.39 is 5.97 Å². The molecule has 0 radical (unpaired) electrons. The van der Waals surface area contributed by atoms with E-state index in [9.17, 15) is 9.18 Å². The van der Waals surface area contributed by atoms with Crippen LogP contribution in [0, 0.1) is 5.82 Å². The molecule has 0 unspecified atom stereocenters. The van der Waals surface area contributed by atoms with E-state index in [1.807, 2.05) is 6.07 Å². The predicted octanol–water partition coefficient (Wildman–Crippen LogP) is 3.36. The van der Waals surface area contributed by atoms with Crippen LogP contribution in [-0.2, 0) is 11.3 Å². The molecule has 0 fully saturated rings. The number of hydrogen-bond acceptors (Lipinski definition) is 5. The Bertz CT molecular complexity index is 633. The normalized spacial score (nSPS) is 10.4. The summed E-state index contributed by atoms with van der Waals surface area (Å²) in [6.07, 6.45) is 0. The van der Waals surface area contributed by atoms with Crippen LogP contribution in [0.3, 0.4) is 0 Å². The first-order chi connectivity index (χ1) is 9.51. The van der Waals surface area contributed by atoms with Crippen LogP contribution in [0.5, 0.6) is 0 Å². The van der Waals surface area contributed by atoms with Gasteiger partial charge in [0.05, 0.1) is 7.11 Å². The van der Waals surface area contributed by atoms with Gasteiger partial charge in [0.1, 0.15) is 5.82 Å². The average Bonchev–Trinajstić information content (AvgIpc) is 2.80. The molecule has 1 heterocycles. The highest BCUT2D eigenvalue weighted by Gasteiger charge is 2.19. The Hall–Kier alpha value is -1.66. The second kappa shape index (κ2) is 6.19. The quantitative estimate of drug-likeness (QED) is 0.812. The summed E-state index contributed by atoms with van der Waals surface area (Å²) in [6.45, 7) is 0.461. The summed E-state index contributed by atoms with van der Waals surface area (Å²) >= 11 is 7.04. The van der Waals surface area contributed by atoms with Crippen LogP contribution in [0.15, 0.2) is 24.3 Å². The minimum absolute atomic E-state index is 0.114. The first kappa shape index (κ1) is 14.7. The summed E-state index contributed by atoms with van der Waals surface area (Å²) in [7, 11) is 3.08. The van der Waals surface area contributed by atoms with Gasteiger partial charge in [0, 0.05) is 13.6 Å². The van der Waals surface area contributed by atoms with E-state index in [1.54, 1.807) is 18.0 Å². The van der Waals surface area contributed by atoms with Crippen molar-refractivity contribution in [1.82, 2.24) is 4.98 Å². The molecule has 7 heteroatoms. The molecular weight excluding hydrogens is 303 g/mol. The van der Waals surface area contributed by atoms with E-state index in [0.29, 0.717) is 11.7 Å². The monoisotopic (exact) mass is 314 g/mol. The standard InChI is InChI=1S/C13H12ClFN2O2S/c1-17(7-8-4-3-5-9(15)6-8)13-16-11(14)10(20-13)12(18)19-2/h3-6H,7H2,1-2H3. The van der Waals surface area contributed by atoms with Gasteiger partial charge < -0.3 is 9.64 Å². The van der Waals surface area contributed by atoms with Gasteiger partial charge in [-0.1, -0.05) is 35.1 Å². The number of aromatic nitrogens is 1. The van der Waals surface area contributed by atoms with Crippen molar-refractivity contribution >= 4 is 34.0 Å². The Morgan fingerprint density at radius 2 is 2.30 bits per heavy atom. The van der Waals surface area contributed by atoms with E-state index >= 15 is 0 Å². The molecule has 0 atom stereocenters. The number of carbonyl (C=O) groups excluding carboxylic acids is 1. The molecule has 0 aliphatic rings. The molecule has 4 nitrogen and oxygen atoms in total. The van der Waals surface area contributed by atoms with Crippen molar-refractivity contribution in [3.05, 3.63) is 45.7 Å². The number of nitrogens with zero attached hydrogens (tertiary/aromatic N) is 2. The maximum Gasteiger partial charge on any atom is 0.351 e. The van der Waals surface area contributed by atoms with Crippen molar-refractivity contribution in [2.24, 2.45) is 0 Å². The van der Waals surface area contributed by atoms with Crippen LogP contribution in [0.1, 0.15) is 15.2 Å². The van der Waals surface area contributed by atoms with E-state index in [1.165, 1.54) is 19.2 Å². The van der Waals surface area contributed by atoms with Crippen molar-refractivity contribution in [3.63, 3.8) is 0 Å². The third-order valence-electron chi connectivity index (χ3n) is 2.58. The molecule has 1 aromatic carbocycles. The number of thiazole rings is 1. The number of anilines is 1. The maximum absolute atomic E-state index is 13.1. The second-order valence-corrected chi connectivity index (χ2v) is 5.43. The van der Waals surface area contributed by atoms with Crippen molar-refractivity contribution in [2.45, 2.75) is 6.54 Å². The van der Waals surface area contributed by atoms with Gasteiger partial charge in [-0.3, -0.25) is 0 Å². The number of ether oxygens (including phenoxy) is 1. The van der Waals surface area contributed by atoms with Crippen LogP contribution in [0.4, 0.5) is 9.52 Å². The van der Waals surface area contributed by atoms with Gasteiger partial charge in [0.2, 0.25) is 0 Å². The lowest BCUT2D eigenvalue weighted by atomic mass is 10.2. The number of methoxy groups -OCH3 is 1. The highest BCUT2D eigenvalue weighted by Crippen LogP contribution is 2.30. The fraction of sp³-hybridized carbons (Fsp3) is 0.231. The summed E-state index contributed by atoms with van der Waals surface area (Å²) in [5.74, 6) is -0.804. The summed E-state index contributed by atoms with van der Waals surface area (Å²) in [6, 6.07) is 6.30. The van der Waals surface area contributed by atoms with Crippen molar-refractivity contribution in [3.8, 4) is 0 Å². The number of rotatable bonds is 4. The molecule has 0 spiro atoms. The molecule has 0 saturated carbocycles. The molecule has 0 amide bonds. The highest BCUT2D eigenvalue weighted by molar-refractivity contribution is 7.18. The Kier molecular flexibility index (Phi) is 4.57. The van der Waals surface area contributed by atoms with Gasteiger partial charge >= 0.3 is 5.97 Å². The lowest BCUT2D eigenvalue weighted by molar-refractivity contribution is 0.0606. The number of hydrogen-bond donors (Lipinski definition) is 0. The Balaban J connectivity index is 2.17. The summed E-state index contributed by atoms with van der Waals surface area (Å²) in [5, 5.41) is 0.683. The van der Waals surface area contributed by atoms with Gasteiger partial charge in [-0.05, 0) is 17.7 Å². The first-order valence-electron chi connectivity index (χ1n) is 5.71. The summed E-state index contributed by atoms with van der Waals surface area (Å²) in [5.41, 5.74) is 0.804. The Morgan fingerprint density at radius 1 is 1.55 bits per heavy atom. The second-order valence-electron chi connectivity index (χ2n) is 4.09. The number of carbonyl (C=O) groups is 1. The van der Waals surface area contributed by atoms with Crippen LogP contribution >= 0.6 is 22.9 Å². The third-order valence-corrected chi connectivity index (χ3v) is 4.12. The lowest BCUT2D eigenvalue weighted by Crippen LogP contribution is -2.16. The van der Waals surface area contributed by atoms with Crippen molar-refractivity contribution in [1.29, 1.82) is 0 Å². The fourth-order valence-electron chi connectivity index (χ4n) is 1.65. The van der Waals surface area contributed by atoms with Gasteiger partial charge in [-0.2, -0.15) is 0 Å². The van der Waals surface area contributed by atoms with Gasteiger partial charge in [-0.25, -0.2) is 14.2 Å². The number of esters is 1. The van der Waals surface area contributed by atoms with Gasteiger partial charge in [-0.15, -0.1) is 0 Å². The Labute approximate surface area is 124 Å². The van der Waals surface area contributed by atoms with Crippen LogP contribution in [0.2, 0.25) is 5.15 Å². The molecule has 0 aliphatic heterocycles. The maximum atomic E-state index is 13.1. The molecule has 106 valence electrons. The first-order valence-corrected chi connectivity index (χ1v) is 6.91. The number of halogens is 2. The summed E-state index contributed by atoms with van der Waals surface area (Å²) in [4.78, 5) is 17.6. The van der Waals surface area contributed by atoms with Crippen LogP contribution in [-0.4, -0.2) is 25.1 Å². The van der Waals surface area contributed by atoms with E-state index in [-0.39, 0.29) is 15.8 Å². The van der Waals surface area contributed by atoms with E-state index in [2.05, 4.69) is 9.72 Å². The van der Waals surface area contributed by atoms with Crippen LogP contribution in [0.25, 0.3) is 0 Å². The van der Waals surface area contributed by atoms with Crippen molar-refractivity contribution in [2.75, 3.05) is 19.1 Å².